The minimum Gasteiger partial charge on any atom is -0.292 e. The van der Waals surface area contributed by atoms with E-state index in [9.17, 15) is 33.7 Å². The number of hydrazine groups is 1. The molecular weight excluding hydrogens is 505 g/mol. The molecule has 9 nitrogen and oxygen atoms in total. The van der Waals surface area contributed by atoms with Crippen LogP contribution in [0.4, 0.5) is 10.1 Å². The van der Waals surface area contributed by atoms with Crippen LogP contribution in [0.15, 0.2) is 48.5 Å². The summed E-state index contributed by atoms with van der Waals surface area (Å²) in [5.41, 5.74) is -0.211. The Morgan fingerprint density at radius 3 is 2.05 bits per heavy atom. The van der Waals surface area contributed by atoms with Gasteiger partial charge in [-0.2, -0.15) is 5.01 Å². The van der Waals surface area contributed by atoms with E-state index in [2.05, 4.69) is 0 Å². The van der Waals surface area contributed by atoms with Gasteiger partial charge in [-0.25, -0.2) is 9.40 Å². The number of nitro groups is 1. The van der Waals surface area contributed by atoms with Gasteiger partial charge in [-0.05, 0) is 73.9 Å². The average molecular weight is 528 g/mol. The van der Waals surface area contributed by atoms with E-state index in [1.165, 1.54) is 24.3 Å². The van der Waals surface area contributed by atoms with Crippen LogP contribution in [-0.4, -0.2) is 50.4 Å². The molecule has 1 aliphatic heterocycles. The molecule has 3 fully saturated rings. The Bertz CT molecular complexity index is 1260. The first-order valence-electron chi connectivity index (χ1n) is 12.0. The molecular formula is C26H23ClFN3O6. The third kappa shape index (κ3) is 4.19. The lowest BCUT2D eigenvalue weighted by molar-refractivity contribution is -0.384. The second-order valence-electron chi connectivity index (χ2n) is 9.69. The maximum Gasteiger partial charge on any atom is 0.273 e. The quantitative estimate of drug-likeness (QED) is 0.168. The van der Waals surface area contributed by atoms with E-state index in [4.69, 9.17) is 11.6 Å². The summed E-state index contributed by atoms with van der Waals surface area (Å²) in [6, 6.07) is 8.07. The van der Waals surface area contributed by atoms with Gasteiger partial charge in [0.1, 0.15) is 11.9 Å². The van der Waals surface area contributed by atoms with Crippen molar-refractivity contribution in [1.29, 1.82) is 0 Å². The topological polar surface area (TPSA) is 118 Å². The number of nitro benzene ring substituents is 1. The summed E-state index contributed by atoms with van der Waals surface area (Å²) in [7, 11) is 0. The number of benzene rings is 2. The third-order valence-corrected chi connectivity index (χ3v) is 7.98. The first kappa shape index (κ1) is 25.0. The molecule has 2 aromatic rings. The van der Waals surface area contributed by atoms with Crippen LogP contribution in [-0.2, 0) is 9.59 Å². The van der Waals surface area contributed by atoms with E-state index in [0.717, 1.165) is 53.5 Å². The molecule has 2 aliphatic carbocycles. The number of nitrogens with zero attached hydrogens (tertiary/aromatic N) is 3. The zero-order chi connectivity index (χ0) is 26.4. The number of non-ortho nitro benzene ring substituents is 1. The molecule has 192 valence electrons. The van der Waals surface area contributed by atoms with Crippen LogP contribution in [0.3, 0.4) is 0 Å². The monoisotopic (exact) mass is 527 g/mol. The predicted octanol–water partition coefficient (Wildman–Crippen LogP) is 4.00. The second kappa shape index (κ2) is 9.66. The number of ketones is 1. The van der Waals surface area contributed by atoms with Gasteiger partial charge < -0.3 is 0 Å². The number of hydrogen-bond acceptors (Lipinski definition) is 6. The molecule has 2 saturated carbocycles. The molecule has 3 aliphatic rings. The molecule has 11 heteroatoms. The van der Waals surface area contributed by atoms with Crippen LogP contribution in [0.2, 0.25) is 0 Å². The van der Waals surface area contributed by atoms with Crippen molar-refractivity contribution < 1.29 is 28.5 Å². The summed E-state index contributed by atoms with van der Waals surface area (Å²) >= 11 is 6.02. The smallest absolute Gasteiger partial charge is 0.273 e. The Morgan fingerprint density at radius 2 is 1.54 bits per heavy atom. The summed E-state index contributed by atoms with van der Waals surface area (Å²) in [4.78, 5) is 65.2. The number of imide groups is 1. The minimum absolute atomic E-state index is 0.0438. The summed E-state index contributed by atoms with van der Waals surface area (Å²) in [5, 5.41) is 12.8. The first-order valence-corrected chi connectivity index (χ1v) is 12.6. The normalized spacial score (nSPS) is 24.8. The van der Waals surface area contributed by atoms with Crippen molar-refractivity contribution in [1.82, 2.24) is 10.0 Å². The number of Topliss-reactive ketones (excluding diaryl/α,β-unsaturated/α-hetero) is 1. The van der Waals surface area contributed by atoms with E-state index in [-0.39, 0.29) is 41.0 Å². The van der Waals surface area contributed by atoms with Gasteiger partial charge in [0, 0.05) is 29.1 Å². The van der Waals surface area contributed by atoms with Crippen molar-refractivity contribution in [2.24, 2.45) is 23.7 Å². The third-order valence-electron chi connectivity index (χ3n) is 7.76. The lowest BCUT2D eigenvalue weighted by atomic mass is 9.81. The van der Waals surface area contributed by atoms with E-state index < -0.39 is 52.1 Å². The highest BCUT2D eigenvalue weighted by Crippen LogP contribution is 2.56. The molecule has 2 aromatic carbocycles. The summed E-state index contributed by atoms with van der Waals surface area (Å²) < 4.78 is 13.5. The van der Waals surface area contributed by atoms with E-state index in [0.29, 0.717) is 0 Å². The number of alkyl halides is 1. The maximum atomic E-state index is 13.9. The van der Waals surface area contributed by atoms with Crippen LogP contribution in [0.1, 0.15) is 46.4 Å². The molecule has 1 saturated heterocycles. The van der Waals surface area contributed by atoms with Crippen LogP contribution < -0.4 is 0 Å². The lowest BCUT2D eigenvalue weighted by Gasteiger charge is -2.36. The Morgan fingerprint density at radius 1 is 1.00 bits per heavy atom. The minimum atomic E-state index is -1.34. The Labute approximate surface area is 216 Å². The van der Waals surface area contributed by atoms with E-state index in [1.807, 2.05) is 0 Å². The van der Waals surface area contributed by atoms with Gasteiger partial charge in [0.05, 0.1) is 16.8 Å². The van der Waals surface area contributed by atoms with Gasteiger partial charge in [-0.3, -0.25) is 29.3 Å². The van der Waals surface area contributed by atoms with Crippen LogP contribution in [0, 0.1) is 39.6 Å². The van der Waals surface area contributed by atoms with E-state index in [1.54, 1.807) is 0 Å². The number of rotatable bonds is 8. The Hall–Kier alpha value is -3.66. The van der Waals surface area contributed by atoms with Crippen LogP contribution >= 0.6 is 11.6 Å². The number of halogens is 2. The highest BCUT2D eigenvalue weighted by atomic mass is 35.5. The van der Waals surface area contributed by atoms with E-state index >= 15 is 0 Å². The molecule has 2 bridgehead atoms. The number of fused-ring (bicyclic) bond motifs is 5. The predicted molar refractivity (Wildman–Crippen MR) is 129 cm³/mol. The zero-order valence-corrected chi connectivity index (χ0v) is 20.3. The fraction of sp³-hybridized carbons (Fsp3) is 0.385. The summed E-state index contributed by atoms with van der Waals surface area (Å²) in [6.45, 7) is 0. The van der Waals surface area contributed by atoms with Crippen molar-refractivity contribution in [2.45, 2.75) is 31.7 Å². The molecule has 0 spiro atoms. The van der Waals surface area contributed by atoms with Crippen molar-refractivity contribution in [3.8, 4) is 0 Å². The molecule has 0 N–H and O–H groups in total. The van der Waals surface area contributed by atoms with Gasteiger partial charge in [0.2, 0.25) is 0 Å². The highest BCUT2D eigenvalue weighted by molar-refractivity contribution is 6.18. The fourth-order valence-corrected chi connectivity index (χ4v) is 6.32. The Balaban J connectivity index is 1.58. The lowest BCUT2D eigenvalue weighted by Crippen LogP contribution is -2.58. The summed E-state index contributed by atoms with van der Waals surface area (Å²) in [6.07, 6.45) is 2.36. The molecule has 37 heavy (non-hydrogen) atoms. The zero-order valence-electron chi connectivity index (χ0n) is 19.6. The highest BCUT2D eigenvalue weighted by Gasteiger charge is 2.63. The molecule has 5 atom stereocenters. The SMILES string of the molecule is O=C(c1ccc(F)cc1)[C@H](CCCl)N(C(=O)c1ccc([N+](=O)[O-])cc1)N1C(=O)[C@@H]2[C@H]3CC[C@@H](C3)[C@H]2C1=O. The van der Waals surface area contributed by atoms with Crippen molar-refractivity contribution in [3.63, 3.8) is 0 Å². The van der Waals surface area contributed by atoms with Crippen LogP contribution in [0.5, 0.6) is 0 Å². The van der Waals surface area contributed by atoms with Crippen molar-refractivity contribution >= 4 is 40.8 Å². The van der Waals surface area contributed by atoms with Crippen LogP contribution in [0.25, 0.3) is 0 Å². The molecule has 1 heterocycles. The number of carbonyl (C=O) groups is 4. The number of carbonyl (C=O) groups excluding carboxylic acids is 4. The summed E-state index contributed by atoms with van der Waals surface area (Å²) in [5.74, 6) is -4.13. The molecule has 0 radical (unpaired) electrons. The largest absolute Gasteiger partial charge is 0.292 e. The standard InChI is InChI=1S/C26H23ClFN3O6/c27-12-11-20(23(32)14-3-7-18(28)8-4-14)29(24(33)15-5-9-19(10-6-15)31(36)37)30-25(34)21-16-1-2-17(13-16)22(21)26(30)35/h3-10,16-17,20-22H,1-2,11-13H2/t16-,17-,20-,21+,22+/m0/s1. The fourth-order valence-electron chi connectivity index (χ4n) is 6.11. The number of hydrogen-bond donors (Lipinski definition) is 0. The Kier molecular flexibility index (Phi) is 6.53. The molecule has 3 amide bonds. The van der Waals surface area contributed by atoms with Gasteiger partial charge >= 0.3 is 0 Å². The molecule has 0 aromatic heterocycles. The van der Waals surface area contributed by atoms with Crippen molar-refractivity contribution in [3.05, 3.63) is 75.6 Å². The van der Waals surface area contributed by atoms with Gasteiger partial charge in [-0.15, -0.1) is 11.6 Å². The number of amides is 3. The van der Waals surface area contributed by atoms with Gasteiger partial charge in [0.25, 0.3) is 23.4 Å². The average Bonchev–Trinajstić information content (AvgIpc) is 3.58. The second-order valence-corrected chi connectivity index (χ2v) is 10.1. The molecule has 0 unspecified atom stereocenters. The van der Waals surface area contributed by atoms with Gasteiger partial charge in [0.15, 0.2) is 5.78 Å². The maximum absolute atomic E-state index is 13.9. The first-order chi connectivity index (χ1) is 17.7. The van der Waals surface area contributed by atoms with Gasteiger partial charge in [-0.1, -0.05) is 0 Å². The van der Waals surface area contributed by atoms with Crippen molar-refractivity contribution in [2.75, 3.05) is 5.88 Å². The molecule has 5 rings (SSSR count).